The first-order valence-electron chi connectivity index (χ1n) is 6.04. The maximum absolute atomic E-state index is 11.9. The van der Waals surface area contributed by atoms with E-state index in [0.29, 0.717) is 5.75 Å². The Kier molecular flexibility index (Phi) is 4.99. The monoisotopic (exact) mass is 292 g/mol. The number of amides is 1. The molecule has 2 aromatic rings. The Balaban J connectivity index is 1.81. The van der Waals surface area contributed by atoms with Gasteiger partial charge in [-0.1, -0.05) is 42.1 Å². The molecule has 1 N–H and O–H groups in total. The molecule has 0 radical (unpaired) electrons. The predicted octanol–water partition coefficient (Wildman–Crippen LogP) is 3.42. The van der Waals surface area contributed by atoms with Crippen molar-refractivity contribution in [1.29, 1.82) is 0 Å². The van der Waals surface area contributed by atoms with E-state index in [1.54, 1.807) is 11.3 Å². The van der Waals surface area contributed by atoms with Crippen LogP contribution < -0.4 is 5.32 Å². The second-order valence-corrected chi connectivity index (χ2v) is 6.32. The molecule has 0 aliphatic heterocycles. The fraction of sp³-hybridized carbons (Fsp3) is 0.286. The van der Waals surface area contributed by atoms with Gasteiger partial charge in [-0.25, -0.2) is 4.98 Å². The van der Waals surface area contributed by atoms with Crippen molar-refractivity contribution in [3.8, 4) is 0 Å². The first kappa shape index (κ1) is 14.1. The standard InChI is InChI=1S/C14H16N2OS2/c1-10-8-18-14(15-10)19-9-13(17)16-11(2)12-6-4-3-5-7-12/h3-8,11H,9H2,1-2H3,(H,16,17)/t11-/m0/s1. The number of hydrogen-bond donors (Lipinski definition) is 1. The molecule has 1 aromatic heterocycles. The van der Waals surface area contributed by atoms with Crippen molar-refractivity contribution >= 4 is 29.0 Å². The summed E-state index contributed by atoms with van der Waals surface area (Å²) >= 11 is 3.06. The minimum atomic E-state index is 0.0346. The maximum Gasteiger partial charge on any atom is 0.230 e. The van der Waals surface area contributed by atoms with E-state index in [1.807, 2.05) is 49.6 Å². The zero-order valence-electron chi connectivity index (χ0n) is 10.9. The topological polar surface area (TPSA) is 42.0 Å². The van der Waals surface area contributed by atoms with Crippen LogP contribution in [-0.4, -0.2) is 16.6 Å². The van der Waals surface area contributed by atoms with Crippen molar-refractivity contribution in [2.45, 2.75) is 24.2 Å². The summed E-state index contributed by atoms with van der Waals surface area (Å²) in [5.41, 5.74) is 2.12. The van der Waals surface area contributed by atoms with Gasteiger partial charge in [0.25, 0.3) is 0 Å². The van der Waals surface area contributed by atoms with Crippen molar-refractivity contribution in [2.75, 3.05) is 5.75 Å². The van der Waals surface area contributed by atoms with Crippen LogP contribution in [0, 0.1) is 6.92 Å². The SMILES string of the molecule is Cc1csc(SCC(=O)N[C@@H](C)c2ccccc2)n1. The molecule has 1 atom stereocenters. The van der Waals surface area contributed by atoms with E-state index in [1.165, 1.54) is 11.8 Å². The summed E-state index contributed by atoms with van der Waals surface area (Å²) in [6.07, 6.45) is 0. The van der Waals surface area contributed by atoms with E-state index in [4.69, 9.17) is 0 Å². The lowest BCUT2D eigenvalue weighted by Gasteiger charge is -2.13. The summed E-state index contributed by atoms with van der Waals surface area (Å²) in [7, 11) is 0. The van der Waals surface area contributed by atoms with E-state index in [9.17, 15) is 4.79 Å². The van der Waals surface area contributed by atoms with Gasteiger partial charge in [-0.2, -0.15) is 0 Å². The van der Waals surface area contributed by atoms with E-state index in [-0.39, 0.29) is 11.9 Å². The molecule has 2 rings (SSSR count). The largest absolute Gasteiger partial charge is 0.349 e. The van der Waals surface area contributed by atoms with E-state index in [2.05, 4.69) is 10.3 Å². The molecule has 3 nitrogen and oxygen atoms in total. The molecular formula is C14H16N2OS2. The van der Waals surface area contributed by atoms with Gasteiger partial charge in [-0.15, -0.1) is 11.3 Å². The summed E-state index contributed by atoms with van der Waals surface area (Å²) in [4.78, 5) is 16.2. The number of rotatable bonds is 5. The molecular weight excluding hydrogens is 276 g/mol. The summed E-state index contributed by atoms with van der Waals surface area (Å²) in [6, 6.07) is 9.99. The Morgan fingerprint density at radius 2 is 2.16 bits per heavy atom. The van der Waals surface area contributed by atoms with Crippen molar-refractivity contribution in [3.63, 3.8) is 0 Å². The van der Waals surface area contributed by atoms with E-state index < -0.39 is 0 Å². The third-order valence-electron chi connectivity index (χ3n) is 2.60. The second-order valence-electron chi connectivity index (χ2n) is 4.24. The fourth-order valence-electron chi connectivity index (χ4n) is 1.63. The molecule has 1 amide bonds. The number of thioether (sulfide) groups is 1. The maximum atomic E-state index is 11.9. The Labute approximate surface area is 121 Å². The number of nitrogens with zero attached hydrogens (tertiary/aromatic N) is 1. The van der Waals surface area contributed by atoms with Crippen LogP contribution in [0.15, 0.2) is 40.1 Å². The van der Waals surface area contributed by atoms with Crippen LogP contribution in [0.25, 0.3) is 0 Å². The van der Waals surface area contributed by atoms with Gasteiger partial charge >= 0.3 is 0 Å². The van der Waals surface area contributed by atoms with Crippen LogP contribution in [0.4, 0.5) is 0 Å². The molecule has 1 aromatic carbocycles. The summed E-state index contributed by atoms with van der Waals surface area (Å²) in [5.74, 6) is 0.443. The molecule has 5 heteroatoms. The van der Waals surface area contributed by atoms with E-state index in [0.717, 1.165) is 15.6 Å². The van der Waals surface area contributed by atoms with Gasteiger partial charge in [0.2, 0.25) is 5.91 Å². The van der Waals surface area contributed by atoms with Crippen LogP contribution in [0.3, 0.4) is 0 Å². The quantitative estimate of drug-likeness (QED) is 0.859. The molecule has 19 heavy (non-hydrogen) atoms. The third-order valence-corrected chi connectivity index (χ3v) is 4.74. The highest BCUT2D eigenvalue weighted by Gasteiger charge is 2.10. The lowest BCUT2D eigenvalue weighted by Crippen LogP contribution is -2.28. The molecule has 0 fully saturated rings. The molecule has 100 valence electrons. The van der Waals surface area contributed by atoms with Crippen molar-refractivity contribution in [3.05, 3.63) is 47.0 Å². The lowest BCUT2D eigenvalue weighted by molar-refractivity contribution is -0.119. The average molecular weight is 292 g/mol. The smallest absolute Gasteiger partial charge is 0.230 e. The van der Waals surface area contributed by atoms with Crippen molar-refractivity contribution < 1.29 is 4.79 Å². The second kappa shape index (κ2) is 6.73. The fourth-order valence-corrected chi connectivity index (χ4v) is 3.29. The number of thiazole rings is 1. The number of carbonyl (C=O) groups is 1. The van der Waals surface area contributed by atoms with Crippen molar-refractivity contribution in [2.24, 2.45) is 0 Å². The number of aromatic nitrogens is 1. The zero-order valence-corrected chi connectivity index (χ0v) is 12.6. The molecule has 1 heterocycles. The highest BCUT2D eigenvalue weighted by molar-refractivity contribution is 8.01. The third kappa shape index (κ3) is 4.36. The normalized spacial score (nSPS) is 12.1. The van der Waals surface area contributed by atoms with E-state index >= 15 is 0 Å². The average Bonchev–Trinajstić information content (AvgIpc) is 2.83. The lowest BCUT2D eigenvalue weighted by atomic mass is 10.1. The number of carbonyl (C=O) groups excluding carboxylic acids is 1. The Morgan fingerprint density at radius 1 is 1.42 bits per heavy atom. The Hall–Kier alpha value is -1.33. The summed E-state index contributed by atoms with van der Waals surface area (Å²) in [6.45, 7) is 3.95. The molecule has 0 aliphatic rings. The van der Waals surface area contributed by atoms with Gasteiger partial charge in [-0.3, -0.25) is 4.79 Å². The van der Waals surface area contributed by atoms with Gasteiger partial charge in [0.15, 0.2) is 4.34 Å². The summed E-state index contributed by atoms with van der Waals surface area (Å²) in [5, 5.41) is 4.98. The Bertz CT molecular complexity index is 539. The van der Waals surface area contributed by atoms with Crippen LogP contribution in [0.2, 0.25) is 0 Å². The number of hydrogen-bond acceptors (Lipinski definition) is 4. The molecule has 0 saturated heterocycles. The van der Waals surface area contributed by atoms with Gasteiger partial charge in [-0.05, 0) is 19.4 Å². The molecule has 0 bridgehead atoms. The van der Waals surface area contributed by atoms with Crippen LogP contribution >= 0.6 is 23.1 Å². The highest BCUT2D eigenvalue weighted by atomic mass is 32.2. The Morgan fingerprint density at radius 3 is 2.79 bits per heavy atom. The van der Waals surface area contributed by atoms with Gasteiger partial charge < -0.3 is 5.32 Å². The molecule has 0 saturated carbocycles. The van der Waals surface area contributed by atoms with Crippen LogP contribution in [-0.2, 0) is 4.79 Å². The molecule has 0 aliphatic carbocycles. The van der Waals surface area contributed by atoms with Gasteiger partial charge in [0, 0.05) is 11.1 Å². The van der Waals surface area contributed by atoms with Crippen LogP contribution in [0.5, 0.6) is 0 Å². The molecule has 0 spiro atoms. The minimum Gasteiger partial charge on any atom is -0.349 e. The molecule has 0 unspecified atom stereocenters. The summed E-state index contributed by atoms with van der Waals surface area (Å²) < 4.78 is 0.944. The highest BCUT2D eigenvalue weighted by Crippen LogP contribution is 2.22. The van der Waals surface area contributed by atoms with Gasteiger partial charge in [0.1, 0.15) is 0 Å². The van der Waals surface area contributed by atoms with Crippen LogP contribution in [0.1, 0.15) is 24.2 Å². The number of nitrogens with one attached hydrogen (secondary N) is 1. The number of aryl methyl sites for hydroxylation is 1. The first-order chi connectivity index (χ1) is 9.15. The minimum absolute atomic E-state index is 0.0346. The number of benzene rings is 1. The van der Waals surface area contributed by atoms with Gasteiger partial charge in [0.05, 0.1) is 11.8 Å². The first-order valence-corrected chi connectivity index (χ1v) is 7.91. The zero-order chi connectivity index (χ0) is 13.7. The predicted molar refractivity (Wildman–Crippen MR) is 80.6 cm³/mol. The van der Waals surface area contributed by atoms with Crippen molar-refractivity contribution in [1.82, 2.24) is 10.3 Å².